The van der Waals surface area contributed by atoms with E-state index in [-0.39, 0.29) is 23.4 Å². The van der Waals surface area contributed by atoms with Crippen molar-refractivity contribution in [1.29, 1.82) is 0 Å². The number of anilines is 1. The maximum atomic E-state index is 13.2. The van der Waals surface area contributed by atoms with Crippen LogP contribution in [0.3, 0.4) is 0 Å². The van der Waals surface area contributed by atoms with Gasteiger partial charge in [-0.3, -0.25) is 9.47 Å². The summed E-state index contributed by atoms with van der Waals surface area (Å²) in [5, 5.41) is 9.07. The zero-order valence-corrected chi connectivity index (χ0v) is 19.2. The molecule has 7 nitrogen and oxygen atoms in total. The lowest BCUT2D eigenvalue weighted by Crippen LogP contribution is -2.60. The molecular formula is C25H32N3O4+. The van der Waals surface area contributed by atoms with E-state index in [1.54, 1.807) is 13.0 Å². The van der Waals surface area contributed by atoms with E-state index in [1.807, 2.05) is 36.7 Å². The van der Waals surface area contributed by atoms with E-state index in [2.05, 4.69) is 30.8 Å². The molecule has 0 spiro atoms. The van der Waals surface area contributed by atoms with Crippen molar-refractivity contribution in [3.8, 4) is 5.75 Å². The van der Waals surface area contributed by atoms with Crippen LogP contribution in [-0.2, 0) is 10.2 Å². The van der Waals surface area contributed by atoms with Crippen LogP contribution < -0.4 is 9.64 Å². The standard InChI is InChI=1S/C25H31N3O4/c1-17(29)28(4,19-9-13-27(14-10-19)18-7-11-26-12-8-18)23-16-25(2,3)22-6-5-20(15-21(22)23)32-24(30)31/h5-8,11-12,15,19,23H,9-10,13-14,16H2,1-4H3/p+1. The average Bonchev–Trinajstić information content (AvgIpc) is 3.04. The molecule has 4 rings (SSSR count). The van der Waals surface area contributed by atoms with Gasteiger partial charge in [0.25, 0.3) is 0 Å². The van der Waals surface area contributed by atoms with Crippen molar-refractivity contribution in [1.82, 2.24) is 4.98 Å². The molecule has 1 aliphatic carbocycles. The molecular weight excluding hydrogens is 406 g/mol. The van der Waals surface area contributed by atoms with E-state index in [0.717, 1.165) is 37.9 Å². The number of aromatic nitrogens is 1. The Morgan fingerprint density at radius 2 is 1.81 bits per heavy atom. The predicted molar refractivity (Wildman–Crippen MR) is 122 cm³/mol. The maximum Gasteiger partial charge on any atom is 0.511 e. The smallest absolute Gasteiger partial charge is 0.449 e. The highest BCUT2D eigenvalue weighted by Gasteiger charge is 2.52. The third kappa shape index (κ3) is 3.86. The number of quaternary nitrogens is 1. The highest BCUT2D eigenvalue weighted by molar-refractivity contribution is 5.67. The summed E-state index contributed by atoms with van der Waals surface area (Å²) in [6.45, 7) is 7.86. The number of carboxylic acid groups (broad SMARTS) is 1. The first kappa shape index (κ1) is 22.3. The minimum absolute atomic E-state index is 0.0349. The van der Waals surface area contributed by atoms with E-state index >= 15 is 0 Å². The van der Waals surface area contributed by atoms with Crippen molar-refractivity contribution in [2.24, 2.45) is 0 Å². The minimum Gasteiger partial charge on any atom is -0.449 e. The summed E-state index contributed by atoms with van der Waals surface area (Å²) in [7, 11) is 2.07. The number of piperidine rings is 1. The van der Waals surface area contributed by atoms with Gasteiger partial charge in [0.1, 0.15) is 11.8 Å². The number of pyridine rings is 1. The van der Waals surface area contributed by atoms with Gasteiger partial charge in [0.2, 0.25) is 0 Å². The van der Waals surface area contributed by atoms with Gasteiger partial charge < -0.3 is 14.7 Å². The van der Waals surface area contributed by atoms with Crippen LogP contribution in [0.25, 0.3) is 0 Å². The van der Waals surface area contributed by atoms with Gasteiger partial charge in [0, 0.05) is 56.0 Å². The van der Waals surface area contributed by atoms with Gasteiger partial charge in [-0.15, -0.1) is 0 Å². The molecule has 1 fully saturated rings. The summed E-state index contributed by atoms with van der Waals surface area (Å²) in [6.07, 6.45) is 4.95. The monoisotopic (exact) mass is 438 g/mol. The number of amides is 1. The van der Waals surface area contributed by atoms with Gasteiger partial charge in [0.15, 0.2) is 0 Å². The molecule has 0 saturated carbocycles. The fourth-order valence-electron chi connectivity index (χ4n) is 5.73. The third-order valence-corrected chi connectivity index (χ3v) is 7.60. The Morgan fingerprint density at radius 3 is 2.41 bits per heavy atom. The summed E-state index contributed by atoms with van der Waals surface area (Å²) >= 11 is 0. The first-order valence-electron chi connectivity index (χ1n) is 11.2. The Labute approximate surface area is 189 Å². The van der Waals surface area contributed by atoms with Crippen molar-refractivity contribution < 1.29 is 23.9 Å². The fourth-order valence-corrected chi connectivity index (χ4v) is 5.73. The van der Waals surface area contributed by atoms with E-state index in [1.165, 1.54) is 11.3 Å². The summed E-state index contributed by atoms with van der Waals surface area (Å²) < 4.78 is 5.28. The molecule has 1 N–H and O–H groups in total. The largest absolute Gasteiger partial charge is 0.511 e. The van der Waals surface area contributed by atoms with Gasteiger partial charge in [-0.25, -0.2) is 9.59 Å². The molecule has 1 saturated heterocycles. The normalized spacial score (nSPS) is 22.1. The van der Waals surface area contributed by atoms with Crippen LogP contribution in [0.4, 0.5) is 10.5 Å². The van der Waals surface area contributed by atoms with Crippen LogP contribution >= 0.6 is 0 Å². The number of hydrogen-bond donors (Lipinski definition) is 1. The summed E-state index contributed by atoms with van der Waals surface area (Å²) in [6, 6.07) is 9.72. The molecule has 1 aliphatic heterocycles. The number of carbonyl (C=O) groups excluding carboxylic acids is 1. The van der Waals surface area contributed by atoms with Crippen molar-refractivity contribution in [3.63, 3.8) is 0 Å². The van der Waals surface area contributed by atoms with Crippen molar-refractivity contribution in [2.75, 3.05) is 25.0 Å². The second kappa shape index (κ2) is 8.20. The van der Waals surface area contributed by atoms with Crippen LogP contribution in [0, 0.1) is 0 Å². The van der Waals surface area contributed by atoms with E-state index in [0.29, 0.717) is 10.2 Å². The van der Waals surface area contributed by atoms with Crippen LogP contribution in [0.1, 0.15) is 57.2 Å². The number of carbonyl (C=O) groups is 2. The summed E-state index contributed by atoms with van der Waals surface area (Å²) in [5.41, 5.74) is 3.26. The lowest BCUT2D eigenvalue weighted by molar-refractivity contribution is -0.891. The lowest BCUT2D eigenvalue weighted by Gasteiger charge is -2.47. The van der Waals surface area contributed by atoms with Crippen LogP contribution in [0.5, 0.6) is 5.75 Å². The maximum absolute atomic E-state index is 13.2. The van der Waals surface area contributed by atoms with Crippen molar-refractivity contribution in [3.05, 3.63) is 53.9 Å². The van der Waals surface area contributed by atoms with Gasteiger partial charge in [-0.2, -0.15) is 0 Å². The predicted octanol–water partition coefficient (Wildman–Crippen LogP) is 4.52. The second-order valence-electron chi connectivity index (χ2n) is 9.81. The number of benzene rings is 1. The van der Waals surface area contributed by atoms with Crippen LogP contribution in [-0.4, -0.2) is 52.8 Å². The topological polar surface area (TPSA) is 79.7 Å². The number of rotatable bonds is 4. The van der Waals surface area contributed by atoms with Crippen molar-refractivity contribution in [2.45, 2.75) is 57.5 Å². The summed E-state index contributed by atoms with van der Waals surface area (Å²) in [4.78, 5) is 30.8. The molecule has 2 unspecified atom stereocenters. The number of nitrogens with zero attached hydrogens (tertiary/aromatic N) is 3. The molecule has 0 bridgehead atoms. The average molecular weight is 439 g/mol. The Bertz CT molecular complexity index is 1020. The highest BCUT2D eigenvalue weighted by atomic mass is 16.7. The number of hydrogen-bond acceptors (Lipinski definition) is 5. The third-order valence-electron chi connectivity index (χ3n) is 7.60. The number of ether oxygens (including phenoxy) is 1. The highest BCUT2D eigenvalue weighted by Crippen LogP contribution is 2.52. The quantitative estimate of drug-likeness (QED) is 0.429. The molecule has 2 aliphatic rings. The number of fused-ring (bicyclic) bond motifs is 1. The molecule has 2 aromatic rings. The summed E-state index contributed by atoms with van der Waals surface area (Å²) in [5.74, 6) is 0.451. The molecule has 2 atom stereocenters. The molecule has 32 heavy (non-hydrogen) atoms. The molecule has 1 amide bonds. The fraction of sp³-hybridized carbons (Fsp3) is 0.480. The van der Waals surface area contributed by atoms with E-state index < -0.39 is 6.16 Å². The first-order chi connectivity index (χ1) is 15.1. The zero-order chi connectivity index (χ0) is 23.1. The van der Waals surface area contributed by atoms with Crippen LogP contribution in [0.2, 0.25) is 0 Å². The molecule has 7 heteroatoms. The molecule has 0 radical (unpaired) electrons. The Morgan fingerprint density at radius 1 is 1.16 bits per heavy atom. The Balaban J connectivity index is 1.64. The zero-order valence-electron chi connectivity index (χ0n) is 19.2. The molecule has 170 valence electrons. The molecule has 2 heterocycles. The van der Waals surface area contributed by atoms with E-state index in [4.69, 9.17) is 9.84 Å². The lowest BCUT2D eigenvalue weighted by atomic mass is 9.86. The first-order valence-corrected chi connectivity index (χ1v) is 11.2. The van der Waals surface area contributed by atoms with E-state index in [9.17, 15) is 9.59 Å². The van der Waals surface area contributed by atoms with Gasteiger partial charge >= 0.3 is 12.1 Å². The molecule has 1 aromatic carbocycles. The van der Waals surface area contributed by atoms with Gasteiger partial charge in [-0.05, 0) is 35.2 Å². The minimum atomic E-state index is -1.33. The Hall–Kier alpha value is -2.93. The van der Waals surface area contributed by atoms with Crippen LogP contribution in [0.15, 0.2) is 42.7 Å². The van der Waals surface area contributed by atoms with Gasteiger partial charge in [0.05, 0.1) is 20.0 Å². The molecule has 1 aromatic heterocycles. The van der Waals surface area contributed by atoms with Crippen molar-refractivity contribution >= 4 is 17.7 Å². The second-order valence-corrected chi connectivity index (χ2v) is 9.81. The SMILES string of the molecule is CC(=O)[N+](C)(C1CCN(c2ccncc2)CC1)C1CC(C)(C)c2ccc(OC(=O)O)cc21. The Kier molecular flexibility index (Phi) is 5.71. The van der Waals surface area contributed by atoms with Gasteiger partial charge in [-0.1, -0.05) is 19.9 Å².